The summed E-state index contributed by atoms with van der Waals surface area (Å²) in [5.41, 5.74) is 4.82. The van der Waals surface area contributed by atoms with Crippen molar-refractivity contribution in [3.63, 3.8) is 0 Å². The molecule has 0 radical (unpaired) electrons. The van der Waals surface area contributed by atoms with E-state index in [2.05, 4.69) is 35.5 Å². The molecule has 1 fully saturated rings. The lowest BCUT2D eigenvalue weighted by Gasteiger charge is -2.33. The van der Waals surface area contributed by atoms with E-state index in [0.29, 0.717) is 68.5 Å². The molecule has 5 rings (SSSR count). The number of aromatic nitrogens is 3. The van der Waals surface area contributed by atoms with Crippen molar-refractivity contribution in [2.45, 2.75) is 136 Å². The number of amides is 1. The van der Waals surface area contributed by atoms with Crippen LogP contribution in [0.2, 0.25) is 0 Å². The van der Waals surface area contributed by atoms with Crippen LogP contribution in [0.4, 0.5) is 4.39 Å². The molecule has 0 saturated heterocycles. The molecule has 1 aliphatic carbocycles. The third kappa shape index (κ3) is 18.3. The Bertz CT molecular complexity index is 2260. The molecule has 3 N–H and O–H groups in total. The predicted molar refractivity (Wildman–Crippen MR) is 255 cm³/mol. The van der Waals surface area contributed by atoms with Gasteiger partial charge in [-0.2, -0.15) is 0 Å². The number of hydrogen-bond acceptors (Lipinski definition) is 9. The molecule has 1 aliphatic rings. The summed E-state index contributed by atoms with van der Waals surface area (Å²) in [5.74, 6) is -1.92. The first-order valence-electron chi connectivity index (χ1n) is 24.3. The van der Waals surface area contributed by atoms with Crippen molar-refractivity contribution in [1.82, 2.24) is 20.3 Å². The maximum atomic E-state index is 15.5. The molecule has 1 unspecified atom stereocenters. The van der Waals surface area contributed by atoms with Gasteiger partial charge in [0, 0.05) is 37.7 Å². The van der Waals surface area contributed by atoms with Gasteiger partial charge in [0.1, 0.15) is 30.5 Å². The Hall–Kier alpha value is -5.83. The third-order valence-corrected chi connectivity index (χ3v) is 12.8. The van der Waals surface area contributed by atoms with Crippen LogP contribution in [0.15, 0.2) is 66.9 Å². The summed E-state index contributed by atoms with van der Waals surface area (Å²) in [6.07, 6.45) is 16.2. The van der Waals surface area contributed by atoms with E-state index >= 15 is 4.39 Å². The minimum Gasteiger partial charge on any atom is -0.544 e. The minimum atomic E-state index is -1.30. The Morgan fingerprint density at radius 3 is 2.28 bits per heavy atom. The van der Waals surface area contributed by atoms with Crippen molar-refractivity contribution in [2.24, 2.45) is 11.3 Å². The van der Waals surface area contributed by atoms with Gasteiger partial charge >= 0.3 is 11.9 Å². The summed E-state index contributed by atoms with van der Waals surface area (Å²) in [5, 5.41) is 41.5. The summed E-state index contributed by atoms with van der Waals surface area (Å²) >= 11 is 0. The molecule has 68 heavy (non-hydrogen) atoms. The van der Waals surface area contributed by atoms with Crippen LogP contribution in [0.1, 0.15) is 132 Å². The van der Waals surface area contributed by atoms with Gasteiger partial charge in [0.2, 0.25) is 5.91 Å². The fraction of sp³-hybridized carbons (Fsp3) is 0.547. The van der Waals surface area contributed by atoms with Crippen LogP contribution in [0.25, 0.3) is 11.1 Å². The van der Waals surface area contributed by atoms with Crippen LogP contribution in [0, 0.1) is 17.2 Å². The second kappa shape index (κ2) is 26.1. The van der Waals surface area contributed by atoms with Crippen molar-refractivity contribution < 1.29 is 52.8 Å². The number of ether oxygens (including phenoxy) is 2. The number of nitrogens with one attached hydrogen (secondary N) is 1. The van der Waals surface area contributed by atoms with Gasteiger partial charge in [-0.05, 0) is 108 Å². The number of halogens is 1. The summed E-state index contributed by atoms with van der Waals surface area (Å²) in [4.78, 5) is 46.0. The maximum Gasteiger partial charge on any atom is 0.359 e. The van der Waals surface area contributed by atoms with E-state index in [9.17, 15) is 29.4 Å². The molecule has 2 atom stereocenters. The second-order valence-corrected chi connectivity index (χ2v) is 19.8. The smallest absolute Gasteiger partial charge is 0.359 e. The highest BCUT2D eigenvalue weighted by Crippen LogP contribution is 2.45. The van der Waals surface area contributed by atoms with Gasteiger partial charge in [0.25, 0.3) is 0 Å². The average molecular weight is 942 g/mol. The van der Waals surface area contributed by atoms with E-state index in [4.69, 9.17) is 14.6 Å². The molecule has 14 nitrogen and oxygen atoms in total. The van der Waals surface area contributed by atoms with E-state index in [-0.39, 0.29) is 47.1 Å². The number of aliphatic carboxylic acids is 3. The number of carbonyl (C=O) groups excluding carboxylic acids is 2. The van der Waals surface area contributed by atoms with Gasteiger partial charge < -0.3 is 39.4 Å². The van der Waals surface area contributed by atoms with Gasteiger partial charge in [-0.25, -0.2) is 9.18 Å². The Morgan fingerprint density at radius 2 is 1.60 bits per heavy atom. The number of benzene rings is 3. The number of unbranched alkanes of at least 4 members (excludes halogenated alkanes) is 8. The first-order valence-corrected chi connectivity index (χ1v) is 24.3. The lowest BCUT2D eigenvalue weighted by Crippen LogP contribution is -2.54. The Balaban J connectivity index is 1.03. The fourth-order valence-corrected chi connectivity index (χ4v) is 9.23. The number of nitrogens with zero attached hydrogens (tertiary/aromatic N) is 4. The lowest BCUT2D eigenvalue weighted by molar-refractivity contribution is -0.897. The van der Waals surface area contributed by atoms with Crippen LogP contribution >= 0.6 is 0 Å². The molecule has 1 saturated carbocycles. The molecule has 370 valence electrons. The predicted octanol–water partition coefficient (Wildman–Crippen LogP) is 8.14. The number of carboxylic acids is 3. The van der Waals surface area contributed by atoms with E-state index < -0.39 is 17.9 Å². The van der Waals surface area contributed by atoms with E-state index in [0.717, 1.165) is 105 Å². The molecule has 1 heterocycles. The number of methoxy groups -OCH3 is 1. The first kappa shape index (κ1) is 53.1. The lowest BCUT2D eigenvalue weighted by atomic mass is 9.82. The zero-order valence-corrected chi connectivity index (χ0v) is 40.5. The standard InChI is InChI=1S/C53H72FN5O9/c1-53(2,37-58-33-42(56-57-58)17-12-10-8-6-5-7-9-11-13-19-49(60)55-26-15-27-59(3,34-51(63)64)35-52(65)66)32-41-28-38(20-24-45(41)47-30-43(67-4)23-25-48(47)54)36-68-44-18-14-16-40(29-44)46(31-50(61)62)39-21-22-39/h14,16,18,20,23-25,28-30,33,39,46H,5-13,15,17,19,21-22,26-27,31-32,34-37H2,1-4H3,(H3-,55,60,61,62,63,64,65,66)/t46-/m0/s1. The zero-order chi connectivity index (χ0) is 49.1. The highest BCUT2D eigenvalue weighted by Gasteiger charge is 2.34. The number of rotatable bonds is 33. The van der Waals surface area contributed by atoms with Crippen molar-refractivity contribution >= 4 is 23.8 Å². The molecule has 1 amide bonds. The fourth-order valence-electron chi connectivity index (χ4n) is 9.23. The molecule has 1 aromatic heterocycles. The molecule has 0 aliphatic heterocycles. The van der Waals surface area contributed by atoms with Gasteiger partial charge in [0.15, 0.2) is 6.54 Å². The van der Waals surface area contributed by atoms with Crippen LogP contribution in [0.3, 0.4) is 0 Å². The van der Waals surface area contributed by atoms with E-state index in [1.54, 1.807) is 26.3 Å². The second-order valence-electron chi connectivity index (χ2n) is 19.8. The molecule has 0 spiro atoms. The van der Waals surface area contributed by atoms with Crippen molar-refractivity contribution in [3.8, 4) is 22.6 Å². The van der Waals surface area contributed by atoms with E-state index in [1.807, 2.05) is 47.3 Å². The number of hydrogen-bond donors (Lipinski definition) is 3. The van der Waals surface area contributed by atoms with Crippen molar-refractivity contribution in [3.05, 3.63) is 95.1 Å². The van der Waals surface area contributed by atoms with Gasteiger partial charge in [0.05, 0.1) is 38.8 Å². The SMILES string of the molecule is COc1ccc(F)c(-c2ccc(COc3cccc([C@@H](CC(=O)O)C4CC4)c3)cc2CC(C)(C)Cn2cc(CCCCCCCCCCCC(=O)NCCC[N+](C)(CC(=O)[O-])CC(=O)O)nn2)c1. The largest absolute Gasteiger partial charge is 0.544 e. The minimum absolute atomic E-state index is 0.0257. The number of carbonyl (C=O) groups is 4. The summed E-state index contributed by atoms with van der Waals surface area (Å²) < 4.78 is 29.0. The van der Waals surface area contributed by atoms with Crippen LogP contribution in [0.5, 0.6) is 11.5 Å². The summed E-state index contributed by atoms with van der Waals surface area (Å²) in [6.45, 7) is 5.25. The number of likely N-dealkylation sites (N-methyl/N-ethyl adjacent to an activating group) is 1. The maximum absolute atomic E-state index is 15.5. The monoisotopic (exact) mass is 942 g/mol. The van der Waals surface area contributed by atoms with Crippen LogP contribution < -0.4 is 19.9 Å². The molecule has 3 aromatic carbocycles. The molecular formula is C53H72FN5O9. The van der Waals surface area contributed by atoms with Crippen LogP contribution in [-0.4, -0.2) is 93.8 Å². The average Bonchev–Trinajstić information content (AvgIpc) is 4.03. The molecule has 0 bridgehead atoms. The number of carboxylic acid groups (broad SMARTS) is 3. The summed E-state index contributed by atoms with van der Waals surface area (Å²) in [6, 6.07) is 18.6. The zero-order valence-electron chi connectivity index (χ0n) is 40.5. The molecular weight excluding hydrogens is 870 g/mol. The van der Waals surface area contributed by atoms with Gasteiger partial charge in [-0.1, -0.05) is 94.3 Å². The number of quaternary nitrogens is 1. The topological polar surface area (TPSA) is 193 Å². The van der Waals surface area contributed by atoms with Crippen molar-refractivity contribution in [1.29, 1.82) is 0 Å². The Labute approximate surface area is 400 Å². The molecule has 15 heteroatoms. The van der Waals surface area contributed by atoms with Gasteiger partial charge in [-0.15, -0.1) is 5.10 Å². The summed E-state index contributed by atoms with van der Waals surface area (Å²) in [7, 11) is 3.14. The molecule has 4 aromatic rings. The first-order chi connectivity index (χ1) is 32.5. The van der Waals surface area contributed by atoms with Crippen LogP contribution in [-0.2, 0) is 45.2 Å². The Morgan fingerprint density at radius 1 is 0.882 bits per heavy atom. The van der Waals surface area contributed by atoms with Gasteiger partial charge in [-0.3, -0.25) is 14.3 Å². The number of aryl methyl sites for hydroxylation is 1. The van der Waals surface area contributed by atoms with E-state index in [1.165, 1.54) is 6.07 Å². The highest BCUT2D eigenvalue weighted by molar-refractivity contribution is 5.75. The Kier molecular flexibility index (Phi) is 20.4. The quantitative estimate of drug-likeness (QED) is 0.0309. The third-order valence-electron chi connectivity index (χ3n) is 12.8. The van der Waals surface area contributed by atoms with Crippen molar-refractivity contribution in [2.75, 3.05) is 40.3 Å². The highest BCUT2D eigenvalue weighted by atomic mass is 19.1. The normalized spacial score (nSPS) is 14.0.